The highest BCUT2D eigenvalue weighted by molar-refractivity contribution is 6.35. The summed E-state index contributed by atoms with van der Waals surface area (Å²) in [5, 5.41) is 8.79. The summed E-state index contributed by atoms with van der Waals surface area (Å²) in [7, 11) is 0. The van der Waals surface area contributed by atoms with Crippen LogP contribution in [0.1, 0.15) is 44.9 Å². The molecule has 0 atom stereocenters. The second kappa shape index (κ2) is 14.6. The number of carbonyl (C=O) groups is 3. The van der Waals surface area contributed by atoms with E-state index in [4.69, 9.17) is 0 Å². The fourth-order valence-electron chi connectivity index (χ4n) is 6.56. The van der Waals surface area contributed by atoms with Crippen LogP contribution in [-0.2, 0) is 22.6 Å². The number of aromatic nitrogens is 3. The van der Waals surface area contributed by atoms with Gasteiger partial charge >= 0.3 is 0 Å². The smallest absolute Gasteiger partial charge is 0.256 e. The number of carbonyl (C=O) groups excluding carboxylic acids is 3. The molecule has 0 saturated carbocycles. The molecule has 51 heavy (non-hydrogen) atoms. The molecular formula is C42H38N6O3. The van der Waals surface area contributed by atoms with E-state index < -0.39 is 0 Å². The minimum absolute atomic E-state index is 0.0835. The Morgan fingerprint density at radius 3 is 2.22 bits per heavy atom. The lowest BCUT2D eigenvalue weighted by Crippen LogP contribution is -2.26. The summed E-state index contributed by atoms with van der Waals surface area (Å²) < 4.78 is 1.98. The molecule has 8 rings (SSSR count). The third-order valence-corrected chi connectivity index (χ3v) is 9.18. The molecule has 2 aliphatic heterocycles. The quantitative estimate of drug-likeness (QED) is 0.0979. The zero-order valence-electron chi connectivity index (χ0n) is 28.5. The summed E-state index contributed by atoms with van der Waals surface area (Å²) in [6, 6.07) is 32.4. The SMILES string of the molecule is Cc1[nH]c(C=C2C(=O)Nc3ccc(-c4ccccc4)cc32)c(C)c1C(=O)NCCCn1ccnc1.O=C1Cc2cc(-c3ccccc3)ccc2N1. The molecule has 2 aliphatic rings. The molecule has 4 heterocycles. The number of nitrogens with one attached hydrogen (secondary N) is 4. The van der Waals surface area contributed by atoms with E-state index in [-0.39, 0.29) is 17.7 Å². The third-order valence-electron chi connectivity index (χ3n) is 9.18. The third kappa shape index (κ3) is 7.28. The number of hydrogen-bond acceptors (Lipinski definition) is 4. The average Bonchev–Trinajstić information content (AvgIpc) is 3.93. The van der Waals surface area contributed by atoms with E-state index in [0.717, 1.165) is 69.1 Å². The Morgan fingerprint density at radius 1 is 0.843 bits per heavy atom. The molecule has 0 aliphatic carbocycles. The van der Waals surface area contributed by atoms with Gasteiger partial charge in [0.25, 0.3) is 11.8 Å². The number of aromatic amines is 1. The molecule has 2 aromatic heterocycles. The molecule has 4 aromatic carbocycles. The van der Waals surface area contributed by atoms with Gasteiger partial charge < -0.3 is 25.5 Å². The van der Waals surface area contributed by atoms with E-state index in [1.807, 2.05) is 110 Å². The Bertz CT molecular complexity index is 2250. The fourth-order valence-corrected chi connectivity index (χ4v) is 6.56. The summed E-state index contributed by atoms with van der Waals surface area (Å²) in [5.74, 6) is -0.184. The maximum Gasteiger partial charge on any atom is 0.256 e. The van der Waals surface area contributed by atoms with Gasteiger partial charge in [-0.3, -0.25) is 14.4 Å². The number of nitrogens with zero attached hydrogens (tertiary/aromatic N) is 2. The topological polar surface area (TPSA) is 121 Å². The summed E-state index contributed by atoms with van der Waals surface area (Å²) in [4.78, 5) is 44.3. The van der Waals surface area contributed by atoms with Crippen molar-refractivity contribution in [2.45, 2.75) is 33.2 Å². The van der Waals surface area contributed by atoms with Crippen LogP contribution in [0.15, 0.2) is 116 Å². The highest BCUT2D eigenvalue weighted by Gasteiger charge is 2.26. The monoisotopic (exact) mass is 674 g/mol. The molecule has 254 valence electrons. The van der Waals surface area contributed by atoms with Crippen molar-refractivity contribution < 1.29 is 14.4 Å². The van der Waals surface area contributed by atoms with E-state index in [1.54, 1.807) is 12.5 Å². The largest absolute Gasteiger partial charge is 0.358 e. The molecule has 0 radical (unpaired) electrons. The zero-order valence-corrected chi connectivity index (χ0v) is 28.5. The van der Waals surface area contributed by atoms with Gasteiger partial charge in [0.2, 0.25) is 5.91 Å². The van der Waals surface area contributed by atoms with Crippen LogP contribution in [-0.4, -0.2) is 38.8 Å². The van der Waals surface area contributed by atoms with Crippen LogP contribution < -0.4 is 16.0 Å². The van der Waals surface area contributed by atoms with E-state index in [0.29, 0.717) is 24.1 Å². The highest BCUT2D eigenvalue weighted by atomic mass is 16.2. The second-order valence-corrected chi connectivity index (χ2v) is 12.7. The van der Waals surface area contributed by atoms with Crippen molar-refractivity contribution in [3.63, 3.8) is 0 Å². The number of hydrogen-bond donors (Lipinski definition) is 4. The van der Waals surface area contributed by atoms with Gasteiger partial charge in [-0.1, -0.05) is 72.8 Å². The van der Waals surface area contributed by atoms with Crippen LogP contribution in [0.2, 0.25) is 0 Å². The number of imidazole rings is 1. The number of anilines is 2. The van der Waals surface area contributed by atoms with Crippen LogP contribution in [0, 0.1) is 13.8 Å². The minimum Gasteiger partial charge on any atom is -0.358 e. The Balaban J connectivity index is 0.000000210. The molecule has 6 aromatic rings. The van der Waals surface area contributed by atoms with Crippen LogP contribution >= 0.6 is 0 Å². The molecule has 0 unspecified atom stereocenters. The number of amides is 3. The first-order chi connectivity index (χ1) is 24.8. The van der Waals surface area contributed by atoms with Crippen molar-refractivity contribution in [1.29, 1.82) is 0 Å². The first kappa shape index (κ1) is 33.0. The predicted molar refractivity (Wildman–Crippen MR) is 202 cm³/mol. The van der Waals surface area contributed by atoms with Crippen LogP contribution in [0.25, 0.3) is 33.9 Å². The average molecular weight is 675 g/mol. The molecule has 9 nitrogen and oxygen atoms in total. The van der Waals surface area contributed by atoms with Gasteiger partial charge in [-0.25, -0.2) is 4.98 Å². The van der Waals surface area contributed by atoms with Crippen LogP contribution in [0.3, 0.4) is 0 Å². The van der Waals surface area contributed by atoms with E-state index in [1.165, 1.54) is 5.56 Å². The summed E-state index contributed by atoms with van der Waals surface area (Å²) in [6.45, 7) is 5.15. The van der Waals surface area contributed by atoms with Crippen molar-refractivity contribution in [3.05, 3.63) is 149 Å². The summed E-state index contributed by atoms with van der Waals surface area (Å²) in [6.07, 6.45) is 8.56. The Kier molecular flexibility index (Phi) is 9.43. The minimum atomic E-state index is -0.151. The Hall–Kier alpha value is -6.48. The lowest BCUT2D eigenvalue weighted by molar-refractivity contribution is -0.115. The van der Waals surface area contributed by atoms with E-state index >= 15 is 0 Å². The maximum atomic E-state index is 12.9. The number of aryl methyl sites for hydroxylation is 2. The van der Waals surface area contributed by atoms with Gasteiger partial charge in [-0.15, -0.1) is 0 Å². The van der Waals surface area contributed by atoms with Gasteiger partial charge in [-0.05, 0) is 84.0 Å². The number of rotatable bonds is 8. The van der Waals surface area contributed by atoms with Crippen molar-refractivity contribution >= 4 is 40.7 Å². The van der Waals surface area contributed by atoms with Crippen molar-refractivity contribution in [2.24, 2.45) is 0 Å². The van der Waals surface area contributed by atoms with Crippen molar-refractivity contribution in [1.82, 2.24) is 19.9 Å². The predicted octanol–water partition coefficient (Wildman–Crippen LogP) is 7.66. The fraction of sp³-hybridized carbons (Fsp3) is 0.143. The lowest BCUT2D eigenvalue weighted by Gasteiger charge is -2.07. The first-order valence-electron chi connectivity index (χ1n) is 17.0. The molecule has 4 N–H and O–H groups in total. The van der Waals surface area contributed by atoms with Gasteiger partial charge in [0.1, 0.15) is 0 Å². The Labute approximate surface area is 296 Å². The van der Waals surface area contributed by atoms with Gasteiger partial charge in [-0.2, -0.15) is 0 Å². The van der Waals surface area contributed by atoms with Crippen LogP contribution in [0.5, 0.6) is 0 Å². The molecule has 0 bridgehead atoms. The van der Waals surface area contributed by atoms with Crippen molar-refractivity contribution in [3.8, 4) is 22.3 Å². The molecule has 9 heteroatoms. The molecule has 0 spiro atoms. The molecular weight excluding hydrogens is 637 g/mol. The van der Waals surface area contributed by atoms with Gasteiger partial charge in [0.15, 0.2) is 0 Å². The van der Waals surface area contributed by atoms with Gasteiger partial charge in [0.05, 0.1) is 23.9 Å². The first-order valence-corrected chi connectivity index (χ1v) is 17.0. The lowest BCUT2D eigenvalue weighted by atomic mass is 9.98. The number of H-pyrrole nitrogens is 1. The summed E-state index contributed by atoms with van der Waals surface area (Å²) >= 11 is 0. The standard InChI is InChI=1S/C28H27N5O2.C14H11NO/c1-18-25(31-19(2)26(18)28(35)30-11-6-13-33-14-12-29-17-33)16-23-22-15-21(20-7-4-3-5-8-20)9-10-24(22)32-27(23)34;16-14-9-12-8-11(6-7-13(12)15-14)10-4-2-1-3-5-10/h3-5,7-10,12,14-17,31H,6,11,13H2,1-2H3,(H,30,35)(H,32,34);1-8H,9H2,(H,15,16). The van der Waals surface area contributed by atoms with E-state index in [9.17, 15) is 14.4 Å². The molecule has 0 saturated heterocycles. The Morgan fingerprint density at radius 2 is 1.53 bits per heavy atom. The van der Waals surface area contributed by atoms with Crippen molar-refractivity contribution in [2.75, 3.05) is 17.2 Å². The molecule has 0 fully saturated rings. The number of fused-ring (bicyclic) bond motifs is 2. The van der Waals surface area contributed by atoms with Gasteiger partial charge in [0, 0.05) is 53.8 Å². The summed E-state index contributed by atoms with van der Waals surface area (Å²) in [5.41, 5.74) is 11.7. The van der Waals surface area contributed by atoms with E-state index in [2.05, 4.69) is 44.1 Å². The number of benzene rings is 4. The van der Waals surface area contributed by atoms with Crippen LogP contribution in [0.4, 0.5) is 11.4 Å². The molecule has 3 amide bonds. The maximum absolute atomic E-state index is 12.9. The normalized spacial score (nSPS) is 13.6. The second-order valence-electron chi connectivity index (χ2n) is 12.7. The highest BCUT2D eigenvalue weighted by Crippen LogP contribution is 2.37. The zero-order chi connectivity index (χ0) is 35.3.